The largest absolute Gasteiger partial charge is 0.433 e. The molecule has 1 atom stereocenters. The number of hydrogen-bond donors (Lipinski definition) is 1. The van der Waals surface area contributed by atoms with Crippen LogP contribution in [-0.4, -0.2) is 69.1 Å². The van der Waals surface area contributed by atoms with Gasteiger partial charge in [-0.2, -0.15) is 18.3 Å². The molecule has 26 heavy (non-hydrogen) atoms. The van der Waals surface area contributed by atoms with Crippen LogP contribution in [0.25, 0.3) is 11.3 Å². The maximum Gasteiger partial charge on any atom is 0.433 e. The van der Waals surface area contributed by atoms with E-state index < -0.39 is 11.9 Å². The Kier molecular flexibility index (Phi) is 4.11. The molecular formula is C16H19F3N6O. The molecule has 0 saturated carbocycles. The highest BCUT2D eigenvalue weighted by Crippen LogP contribution is 2.34. The molecule has 2 aliphatic rings. The number of alkyl halides is 3. The Balaban J connectivity index is 1.68. The molecule has 4 rings (SSSR count). The summed E-state index contributed by atoms with van der Waals surface area (Å²) in [7, 11) is 2.00. The molecule has 4 heterocycles. The molecule has 0 spiro atoms. The molecule has 2 aromatic rings. The molecule has 140 valence electrons. The quantitative estimate of drug-likeness (QED) is 0.880. The van der Waals surface area contributed by atoms with Crippen LogP contribution in [0, 0.1) is 0 Å². The second-order valence-electron chi connectivity index (χ2n) is 6.84. The van der Waals surface area contributed by atoms with Gasteiger partial charge in [0.15, 0.2) is 5.69 Å². The van der Waals surface area contributed by atoms with Crippen LogP contribution in [0.2, 0.25) is 0 Å². The van der Waals surface area contributed by atoms with E-state index in [2.05, 4.69) is 20.0 Å². The number of aromatic nitrogens is 4. The maximum atomic E-state index is 13.3. The number of hydrogen-bond acceptors (Lipinski definition) is 6. The third-order valence-corrected chi connectivity index (χ3v) is 4.93. The number of likely N-dealkylation sites (N-methyl/N-ethyl adjacent to an activating group) is 1. The lowest BCUT2D eigenvalue weighted by Crippen LogP contribution is -2.51. The molecule has 10 heteroatoms. The molecule has 7 nitrogen and oxygen atoms in total. The molecule has 1 N–H and O–H groups in total. The number of likely N-dealkylation sites (tertiary alicyclic amines) is 1. The summed E-state index contributed by atoms with van der Waals surface area (Å²) in [6, 6.07) is 0.941. The van der Waals surface area contributed by atoms with E-state index in [1.54, 1.807) is 15.8 Å². The summed E-state index contributed by atoms with van der Waals surface area (Å²) < 4.78 is 41.6. The van der Waals surface area contributed by atoms with Crippen LogP contribution in [0.1, 0.15) is 18.2 Å². The Hall–Kier alpha value is -2.20. The summed E-state index contributed by atoms with van der Waals surface area (Å²) in [6.45, 7) is 2.10. The van der Waals surface area contributed by atoms with Gasteiger partial charge in [0, 0.05) is 31.4 Å². The summed E-state index contributed by atoms with van der Waals surface area (Å²) in [4.78, 5) is 11.7. The minimum atomic E-state index is -4.57. The fourth-order valence-electron chi connectivity index (χ4n) is 3.25. The van der Waals surface area contributed by atoms with Gasteiger partial charge in [-0.05, 0) is 19.5 Å². The van der Waals surface area contributed by atoms with E-state index in [-0.39, 0.29) is 30.3 Å². The second-order valence-corrected chi connectivity index (χ2v) is 6.84. The van der Waals surface area contributed by atoms with Gasteiger partial charge in [-0.25, -0.2) is 9.97 Å². The molecule has 0 aromatic carbocycles. The van der Waals surface area contributed by atoms with Gasteiger partial charge in [-0.3, -0.25) is 4.68 Å². The summed E-state index contributed by atoms with van der Waals surface area (Å²) in [5.74, 6) is -0.00347. The van der Waals surface area contributed by atoms with Crippen molar-refractivity contribution in [1.29, 1.82) is 0 Å². The SMILES string of the molecule is CN1CC(n2cc(-c3cc(C(F)(F)F)nc(N4CC[C@@H]4CO)n3)cn2)C1. The minimum absolute atomic E-state index is 0.00347. The monoisotopic (exact) mass is 368 g/mol. The van der Waals surface area contributed by atoms with Crippen LogP contribution in [-0.2, 0) is 6.18 Å². The fraction of sp³-hybridized carbons (Fsp3) is 0.562. The van der Waals surface area contributed by atoms with Crippen LogP contribution in [0.15, 0.2) is 18.5 Å². The maximum absolute atomic E-state index is 13.3. The van der Waals surface area contributed by atoms with Crippen LogP contribution < -0.4 is 4.90 Å². The lowest BCUT2D eigenvalue weighted by molar-refractivity contribution is -0.141. The van der Waals surface area contributed by atoms with Gasteiger partial charge in [-0.1, -0.05) is 0 Å². The predicted octanol–water partition coefficient (Wildman–Crippen LogP) is 1.42. The van der Waals surface area contributed by atoms with Crippen molar-refractivity contribution < 1.29 is 18.3 Å². The van der Waals surface area contributed by atoms with Gasteiger partial charge >= 0.3 is 6.18 Å². The first-order chi connectivity index (χ1) is 12.3. The van der Waals surface area contributed by atoms with Gasteiger partial charge in [0.1, 0.15) is 0 Å². The van der Waals surface area contributed by atoms with Crippen molar-refractivity contribution in [1.82, 2.24) is 24.6 Å². The fourth-order valence-corrected chi connectivity index (χ4v) is 3.25. The van der Waals surface area contributed by atoms with Crippen molar-refractivity contribution in [2.75, 3.05) is 38.2 Å². The normalized spacial score (nSPS) is 21.6. The van der Waals surface area contributed by atoms with E-state index >= 15 is 0 Å². The van der Waals surface area contributed by atoms with E-state index in [0.717, 1.165) is 19.2 Å². The Morgan fingerprint density at radius 3 is 2.62 bits per heavy atom. The number of aliphatic hydroxyl groups excluding tert-OH is 1. The molecule has 2 aliphatic heterocycles. The first kappa shape index (κ1) is 17.2. The average molecular weight is 368 g/mol. The average Bonchev–Trinajstić information content (AvgIpc) is 2.99. The molecule has 0 aliphatic carbocycles. The summed E-state index contributed by atoms with van der Waals surface area (Å²) in [6.07, 6.45) is -0.606. The molecule has 2 saturated heterocycles. The van der Waals surface area contributed by atoms with Crippen LogP contribution >= 0.6 is 0 Å². The Morgan fingerprint density at radius 1 is 1.27 bits per heavy atom. The molecule has 0 amide bonds. The molecule has 0 unspecified atom stereocenters. The number of nitrogens with zero attached hydrogens (tertiary/aromatic N) is 6. The second kappa shape index (κ2) is 6.20. The number of aliphatic hydroxyl groups is 1. The lowest BCUT2D eigenvalue weighted by atomic mass is 10.1. The van der Waals surface area contributed by atoms with Gasteiger partial charge in [-0.15, -0.1) is 0 Å². The van der Waals surface area contributed by atoms with E-state index in [1.807, 2.05) is 7.05 Å². The summed E-state index contributed by atoms with van der Waals surface area (Å²) in [5.41, 5.74) is -0.281. The van der Waals surface area contributed by atoms with Crippen molar-refractivity contribution in [2.45, 2.75) is 24.7 Å². The van der Waals surface area contributed by atoms with Crippen molar-refractivity contribution in [3.8, 4) is 11.3 Å². The zero-order chi connectivity index (χ0) is 18.5. The number of halogens is 3. The standard InChI is InChI=1S/C16H19F3N6O/c1-23-7-12(8-23)25-6-10(5-20-25)13-4-14(16(17,18)19)22-15(21-13)24-3-2-11(24)9-26/h4-6,11-12,26H,2-3,7-9H2,1H3/t11-/m1/s1. The lowest BCUT2D eigenvalue weighted by Gasteiger charge is -2.40. The Morgan fingerprint density at radius 2 is 2.04 bits per heavy atom. The predicted molar refractivity (Wildman–Crippen MR) is 87.6 cm³/mol. The molecular weight excluding hydrogens is 349 g/mol. The van der Waals surface area contributed by atoms with Crippen LogP contribution in [0.3, 0.4) is 0 Å². The van der Waals surface area contributed by atoms with Crippen molar-refractivity contribution in [2.24, 2.45) is 0 Å². The van der Waals surface area contributed by atoms with E-state index in [0.29, 0.717) is 18.5 Å². The van der Waals surface area contributed by atoms with Crippen LogP contribution in [0.4, 0.5) is 19.1 Å². The summed E-state index contributed by atoms with van der Waals surface area (Å²) >= 11 is 0. The van der Waals surface area contributed by atoms with Crippen molar-refractivity contribution in [3.05, 3.63) is 24.2 Å². The van der Waals surface area contributed by atoms with Gasteiger partial charge < -0.3 is 14.9 Å². The van der Waals surface area contributed by atoms with E-state index in [1.165, 1.54) is 6.20 Å². The van der Waals surface area contributed by atoms with Gasteiger partial charge in [0.25, 0.3) is 0 Å². The highest BCUT2D eigenvalue weighted by atomic mass is 19.4. The minimum Gasteiger partial charge on any atom is -0.394 e. The number of rotatable bonds is 4. The van der Waals surface area contributed by atoms with E-state index in [9.17, 15) is 18.3 Å². The third-order valence-electron chi connectivity index (χ3n) is 4.93. The van der Waals surface area contributed by atoms with Gasteiger partial charge in [0.05, 0.1) is 30.6 Å². The van der Waals surface area contributed by atoms with E-state index in [4.69, 9.17) is 0 Å². The number of anilines is 1. The third kappa shape index (κ3) is 3.03. The van der Waals surface area contributed by atoms with Crippen molar-refractivity contribution in [3.63, 3.8) is 0 Å². The highest BCUT2D eigenvalue weighted by Gasteiger charge is 2.37. The Labute approximate surface area is 148 Å². The van der Waals surface area contributed by atoms with Crippen molar-refractivity contribution >= 4 is 5.95 Å². The smallest absolute Gasteiger partial charge is 0.394 e. The molecule has 0 bridgehead atoms. The zero-order valence-corrected chi connectivity index (χ0v) is 14.2. The molecule has 2 aromatic heterocycles. The van der Waals surface area contributed by atoms with Crippen LogP contribution in [0.5, 0.6) is 0 Å². The molecule has 2 fully saturated rings. The summed E-state index contributed by atoms with van der Waals surface area (Å²) in [5, 5.41) is 13.6. The zero-order valence-electron chi connectivity index (χ0n) is 14.2. The first-order valence-corrected chi connectivity index (χ1v) is 8.42. The topological polar surface area (TPSA) is 70.3 Å². The van der Waals surface area contributed by atoms with Gasteiger partial charge in [0.2, 0.25) is 5.95 Å². The Bertz CT molecular complexity index is 800. The molecule has 0 radical (unpaired) electrons. The first-order valence-electron chi connectivity index (χ1n) is 8.42. The highest BCUT2D eigenvalue weighted by molar-refractivity contribution is 5.60.